The molecule has 0 atom stereocenters. The van der Waals surface area contributed by atoms with Crippen LogP contribution in [0.25, 0.3) is 80.8 Å². The average Bonchev–Trinajstić information content (AvgIpc) is 1.51. The fraction of sp³-hybridized carbons (Fsp3) is 0.275. The van der Waals surface area contributed by atoms with Gasteiger partial charge in [-0.15, -0.1) is 104 Å². The van der Waals surface area contributed by atoms with Crippen molar-refractivity contribution in [3.8, 4) is 188 Å². The summed E-state index contributed by atoms with van der Waals surface area (Å²) in [5, 5.41) is 0. The Balaban J connectivity index is 0.000000218. The molecule has 8 aromatic heterocycles. The number of benzene rings is 2. The third-order valence-electron chi connectivity index (χ3n) is 14.7. The van der Waals surface area contributed by atoms with Gasteiger partial charge in [-0.2, -0.15) is 0 Å². The second-order valence-electron chi connectivity index (χ2n) is 22.0. The van der Waals surface area contributed by atoms with Gasteiger partial charge < -0.3 is 18.9 Å². The van der Waals surface area contributed by atoms with Gasteiger partial charge in [-0.3, -0.25) is 0 Å². The summed E-state index contributed by atoms with van der Waals surface area (Å²) in [5.74, 6) is 28.6. The molecule has 464 valence electrons. The van der Waals surface area contributed by atoms with E-state index < -0.39 is 0 Å². The summed E-state index contributed by atoms with van der Waals surface area (Å²) in [6, 6.07) is 34.9. The lowest BCUT2D eigenvalue weighted by Gasteiger charge is -2.15. The van der Waals surface area contributed by atoms with Gasteiger partial charge in [0.25, 0.3) is 0 Å². The summed E-state index contributed by atoms with van der Waals surface area (Å²) in [7, 11) is 0. The molecule has 0 unspecified atom stereocenters. The molecule has 10 rings (SSSR count). The number of aryl methyl sites for hydroxylation is 8. The first-order valence-electron chi connectivity index (χ1n) is 30.8. The van der Waals surface area contributed by atoms with Crippen molar-refractivity contribution in [1.29, 1.82) is 0 Å². The molecule has 0 amide bonds. The maximum Gasteiger partial charge on any atom is 0.149 e. The largest absolute Gasteiger partial charge is 0.493 e. The van der Waals surface area contributed by atoms with Crippen molar-refractivity contribution in [1.82, 2.24) is 0 Å². The molecule has 0 saturated heterocycles. The van der Waals surface area contributed by atoms with Gasteiger partial charge in [0.1, 0.15) is 35.2 Å². The molecular weight excluding hydrogens is 1280 g/mol. The highest BCUT2D eigenvalue weighted by molar-refractivity contribution is 7.26. The van der Waals surface area contributed by atoms with Gasteiger partial charge in [-0.25, -0.2) is 0 Å². The number of ether oxygens (including phenoxy) is 4. The monoisotopic (exact) mass is 1350 g/mol. The first-order chi connectivity index (χ1) is 44.7. The maximum atomic E-state index is 6.62. The second kappa shape index (κ2) is 34.2. The van der Waals surface area contributed by atoms with Crippen LogP contribution in [0.1, 0.15) is 120 Å². The highest BCUT2D eigenvalue weighted by Gasteiger charge is 2.23. The van der Waals surface area contributed by atoms with Gasteiger partial charge in [0, 0.05) is 130 Å². The molecule has 0 aliphatic heterocycles. The van der Waals surface area contributed by atoms with E-state index in [1.165, 1.54) is 126 Å². The van der Waals surface area contributed by atoms with Crippen molar-refractivity contribution in [2.24, 2.45) is 0 Å². The van der Waals surface area contributed by atoms with Gasteiger partial charge in [0.2, 0.25) is 0 Å². The predicted molar refractivity (Wildman–Crippen MR) is 404 cm³/mol. The van der Waals surface area contributed by atoms with E-state index in [4.69, 9.17) is 31.8 Å². The molecule has 0 N–H and O–H groups in total. The fourth-order valence-corrected chi connectivity index (χ4v) is 19.4. The molecule has 10 aromatic rings. The van der Waals surface area contributed by atoms with E-state index in [9.17, 15) is 0 Å². The van der Waals surface area contributed by atoms with Crippen LogP contribution in [0.3, 0.4) is 0 Å². The van der Waals surface area contributed by atoms with Crippen LogP contribution in [0.2, 0.25) is 0 Å². The Kier molecular flexibility index (Phi) is 25.5. The summed E-state index contributed by atoms with van der Waals surface area (Å²) >= 11 is 14.4. The first kappa shape index (κ1) is 68.5. The molecule has 0 radical (unpaired) electrons. The van der Waals surface area contributed by atoms with Crippen LogP contribution in [0.15, 0.2) is 97.1 Å². The van der Waals surface area contributed by atoms with E-state index >= 15 is 0 Å². The summed E-state index contributed by atoms with van der Waals surface area (Å²) in [5.41, 5.74) is 9.08. The van der Waals surface area contributed by atoms with Gasteiger partial charge in [0.05, 0.1) is 13.2 Å². The van der Waals surface area contributed by atoms with E-state index in [-0.39, 0.29) is 0 Å². The minimum atomic E-state index is 0.659. The third kappa shape index (κ3) is 18.3. The van der Waals surface area contributed by atoms with Gasteiger partial charge in [0.15, 0.2) is 0 Å². The van der Waals surface area contributed by atoms with Crippen molar-refractivity contribution in [2.75, 3.05) is 13.2 Å². The van der Waals surface area contributed by atoms with Gasteiger partial charge in [-0.05, 0) is 217 Å². The molecule has 12 heteroatoms. The number of hydrogen-bond acceptors (Lipinski definition) is 12. The van der Waals surface area contributed by atoms with E-state index in [0.717, 1.165) is 72.5 Å². The summed E-state index contributed by atoms with van der Waals surface area (Å²) < 4.78 is 25.4. The lowest BCUT2D eigenvalue weighted by atomic mass is 10.1. The molecular formula is C80H72O4S8. The standard InChI is InChI=1S/C42H38O2S4.C38H34O2S4/c1-7-9-11-13-15-17-23-43-35-27-34(38-20-22-40(48-38)42-30(4)26-32(6)46-42)36(44-24-18-16-14-12-10-8-2)28-33(35)37-19-21-39(47-37)41-29(3)25-31(5)45-41;1-7-9-11-13-19-39-31-23-30(34-16-18-36(44-34)38-26(4)22-28(6)42-38)32(40-20-14-12-10-8-2)24-29(31)33-15-17-35(43-33)37-25(3)21-27(5)41-37/h1,19-22,25-28H,8,10,12,14,16,18,24H2,2-6H3;1,15-18,21-24H,8,10,12,14,20H2,2-6H3. The summed E-state index contributed by atoms with van der Waals surface area (Å²) in [4.78, 5) is 19.9. The smallest absolute Gasteiger partial charge is 0.149 e. The molecule has 0 aliphatic carbocycles. The van der Waals surface area contributed by atoms with Crippen LogP contribution < -0.4 is 18.9 Å². The minimum Gasteiger partial charge on any atom is -0.493 e. The predicted octanol–water partition coefficient (Wildman–Crippen LogP) is 24.3. The lowest BCUT2D eigenvalue weighted by molar-refractivity contribution is 0.305. The SMILES string of the molecule is C#CC#CC#CC#COc1cc(-c2ccc(-c3sc(C)cc3C)s2)c(OCCCCCCCC)cc1-c1ccc(-c2sc(C)cc2C)s1.C#CC#CC#COc1cc(-c2ccc(-c3sc(C)cc3C)s2)c(OCCCCCC)cc1-c1ccc(-c2sc(C)cc2C)s1. The van der Waals surface area contributed by atoms with Crippen LogP contribution in [-0.2, 0) is 0 Å². The van der Waals surface area contributed by atoms with E-state index in [1.54, 1.807) is 45.3 Å². The fourth-order valence-electron chi connectivity index (χ4n) is 10.4. The summed E-state index contributed by atoms with van der Waals surface area (Å²) in [6.07, 6.45) is 27.8. The Hall–Kier alpha value is -7.84. The molecule has 8 heterocycles. The Bertz CT molecular complexity index is 4630. The number of terminal acetylenes is 2. The summed E-state index contributed by atoms with van der Waals surface area (Å²) in [6.45, 7) is 23.2. The Morgan fingerprint density at radius 3 is 0.902 bits per heavy atom. The number of rotatable bonds is 24. The lowest BCUT2D eigenvalue weighted by Crippen LogP contribution is -2.00. The van der Waals surface area contributed by atoms with E-state index in [2.05, 4.69) is 238 Å². The van der Waals surface area contributed by atoms with Crippen molar-refractivity contribution >= 4 is 90.7 Å². The minimum absolute atomic E-state index is 0.659. The number of hydrogen-bond donors (Lipinski definition) is 0. The van der Waals surface area contributed by atoms with Crippen molar-refractivity contribution in [3.05, 3.63) is 139 Å². The zero-order valence-corrected chi connectivity index (χ0v) is 60.3. The van der Waals surface area contributed by atoms with Crippen molar-refractivity contribution in [2.45, 2.75) is 133 Å². The molecule has 2 aromatic carbocycles. The van der Waals surface area contributed by atoms with Gasteiger partial charge >= 0.3 is 0 Å². The topological polar surface area (TPSA) is 36.9 Å². The molecule has 0 spiro atoms. The van der Waals surface area contributed by atoms with Crippen molar-refractivity contribution in [3.63, 3.8) is 0 Å². The second-order valence-corrected chi connectivity index (χ2v) is 31.4. The Morgan fingerprint density at radius 1 is 0.304 bits per heavy atom. The molecule has 0 fully saturated rings. The van der Waals surface area contributed by atoms with Gasteiger partial charge in [-0.1, -0.05) is 65.2 Å². The Labute approximate surface area is 578 Å². The molecule has 0 saturated carbocycles. The normalized spacial score (nSPS) is 10.3. The highest BCUT2D eigenvalue weighted by atomic mass is 32.1. The maximum absolute atomic E-state index is 6.62. The average molecular weight is 1350 g/mol. The van der Waals surface area contributed by atoms with E-state index in [1.807, 2.05) is 45.3 Å². The quantitative estimate of drug-likeness (QED) is 0.0446. The van der Waals surface area contributed by atoms with Crippen LogP contribution in [-0.4, -0.2) is 13.2 Å². The van der Waals surface area contributed by atoms with Crippen LogP contribution in [0.4, 0.5) is 0 Å². The molecule has 0 aliphatic rings. The zero-order chi connectivity index (χ0) is 64.9. The third-order valence-corrected chi connectivity index (χ3v) is 24.5. The molecule has 4 nitrogen and oxygen atoms in total. The van der Waals surface area contributed by atoms with Crippen molar-refractivity contribution < 1.29 is 18.9 Å². The zero-order valence-electron chi connectivity index (χ0n) is 53.8. The highest BCUT2D eigenvalue weighted by Crippen LogP contribution is 2.51. The Morgan fingerprint density at radius 2 is 0.576 bits per heavy atom. The van der Waals surface area contributed by atoms with Crippen LogP contribution >= 0.6 is 90.7 Å². The van der Waals surface area contributed by atoms with Crippen LogP contribution in [0, 0.1) is 140 Å². The number of unbranched alkanes of at least 4 members (excludes halogenated alkanes) is 8. The first-order valence-corrected chi connectivity index (χ1v) is 37.4. The molecule has 0 bridgehead atoms. The number of thiophene rings is 8. The molecule has 92 heavy (non-hydrogen) atoms. The van der Waals surface area contributed by atoms with Crippen LogP contribution in [0.5, 0.6) is 23.0 Å². The van der Waals surface area contributed by atoms with E-state index in [0.29, 0.717) is 24.7 Å².